The molecule has 8 atom stereocenters. The zero-order valence-corrected chi connectivity index (χ0v) is 23.6. The Morgan fingerprint density at radius 2 is 1.64 bits per heavy atom. The molecule has 2 aromatic rings. The van der Waals surface area contributed by atoms with E-state index in [1.807, 2.05) is 24.7 Å². The Labute approximate surface area is 232 Å². The summed E-state index contributed by atoms with van der Waals surface area (Å²) in [5.74, 6) is 3.67. The number of carbonyl (C=O) groups is 2. The van der Waals surface area contributed by atoms with Crippen molar-refractivity contribution < 1.29 is 18.7 Å². The average molecular weight is 530 g/mol. The SMILES string of the molecule is C[C@]12CC[C@H](OCCCN3C(=O)c4ccccc4C3=O)C[C@H]1CC[C@H]1[C@H]3CC[C@H](c4ccoc4)[C@@]3(C)CC[C@@H]12. The number of ether oxygens (including phenoxy) is 1. The fourth-order valence-electron chi connectivity index (χ4n) is 10.3. The monoisotopic (exact) mass is 529 g/mol. The van der Waals surface area contributed by atoms with Crippen molar-refractivity contribution in [1.29, 1.82) is 0 Å². The first-order chi connectivity index (χ1) is 18.9. The van der Waals surface area contributed by atoms with Gasteiger partial charge in [-0.2, -0.15) is 0 Å². The van der Waals surface area contributed by atoms with Crippen LogP contribution in [0.4, 0.5) is 0 Å². The van der Waals surface area contributed by atoms with Crippen LogP contribution in [-0.4, -0.2) is 36.0 Å². The van der Waals surface area contributed by atoms with Gasteiger partial charge in [-0.25, -0.2) is 0 Å². The van der Waals surface area contributed by atoms with Crippen molar-refractivity contribution in [2.75, 3.05) is 13.2 Å². The maximum Gasteiger partial charge on any atom is 0.261 e. The van der Waals surface area contributed by atoms with Crippen molar-refractivity contribution in [3.05, 3.63) is 59.5 Å². The fourth-order valence-corrected chi connectivity index (χ4v) is 10.3. The summed E-state index contributed by atoms with van der Waals surface area (Å²) in [7, 11) is 0. The first kappa shape index (κ1) is 25.6. The van der Waals surface area contributed by atoms with Gasteiger partial charge in [0.05, 0.1) is 29.8 Å². The van der Waals surface area contributed by atoms with Crippen LogP contribution in [0.3, 0.4) is 0 Å². The number of hydrogen-bond acceptors (Lipinski definition) is 4. The standard InChI is InChI=1S/C34H43NO4/c1-33-15-12-24(39-18-5-17-35-31(36)25-6-3-4-7-26(25)32(35)37)20-23(33)8-9-27-29-11-10-28(22-14-19-38-21-22)34(29,2)16-13-30(27)33/h3-4,6-7,14,19,21,23-24,27-30H,5,8-13,15-18,20H2,1-2H3/t23-,24+,27+,28-,29-,30+,33+,34-/m1/s1. The molecule has 4 aliphatic carbocycles. The molecule has 5 nitrogen and oxygen atoms in total. The van der Waals surface area contributed by atoms with Crippen LogP contribution >= 0.6 is 0 Å². The van der Waals surface area contributed by atoms with Crippen LogP contribution in [0.1, 0.15) is 110 Å². The number of rotatable bonds is 6. The molecule has 4 saturated carbocycles. The summed E-state index contributed by atoms with van der Waals surface area (Å²) >= 11 is 0. The maximum absolute atomic E-state index is 12.6. The van der Waals surface area contributed by atoms with E-state index in [9.17, 15) is 9.59 Å². The molecule has 0 saturated heterocycles. The molecule has 0 bridgehead atoms. The lowest BCUT2D eigenvalue weighted by atomic mass is 9.44. The highest BCUT2D eigenvalue weighted by Crippen LogP contribution is 2.69. The molecule has 208 valence electrons. The van der Waals surface area contributed by atoms with E-state index in [0.717, 1.165) is 30.1 Å². The number of furan rings is 1. The summed E-state index contributed by atoms with van der Waals surface area (Å²) in [4.78, 5) is 26.7. The Kier molecular flexibility index (Phi) is 6.30. The molecule has 1 aromatic carbocycles. The molecule has 1 aliphatic heterocycles. The number of nitrogens with zero attached hydrogens (tertiary/aromatic N) is 1. The molecule has 0 radical (unpaired) electrons. The Hall–Kier alpha value is -2.40. The van der Waals surface area contributed by atoms with Crippen molar-refractivity contribution in [3.8, 4) is 0 Å². The van der Waals surface area contributed by atoms with Crippen LogP contribution in [0.2, 0.25) is 0 Å². The summed E-state index contributed by atoms with van der Waals surface area (Å²) in [6.07, 6.45) is 16.6. The van der Waals surface area contributed by atoms with E-state index in [-0.39, 0.29) is 11.8 Å². The third kappa shape index (κ3) is 3.97. The number of hydrogen-bond donors (Lipinski definition) is 0. The Morgan fingerprint density at radius 3 is 2.38 bits per heavy atom. The number of imide groups is 1. The molecule has 2 amide bonds. The van der Waals surface area contributed by atoms with Crippen LogP contribution in [0.25, 0.3) is 0 Å². The Balaban J connectivity index is 0.939. The lowest BCUT2D eigenvalue weighted by Crippen LogP contribution is -2.53. The van der Waals surface area contributed by atoms with Gasteiger partial charge in [0.15, 0.2) is 0 Å². The van der Waals surface area contributed by atoms with Crippen molar-refractivity contribution in [3.63, 3.8) is 0 Å². The minimum absolute atomic E-state index is 0.164. The van der Waals surface area contributed by atoms with Gasteiger partial charge in [0.1, 0.15) is 0 Å². The molecule has 5 heteroatoms. The molecule has 2 heterocycles. The van der Waals surface area contributed by atoms with Gasteiger partial charge in [-0.1, -0.05) is 26.0 Å². The topological polar surface area (TPSA) is 59.8 Å². The third-order valence-electron chi connectivity index (χ3n) is 12.3. The molecular formula is C34H43NO4. The smallest absolute Gasteiger partial charge is 0.261 e. The first-order valence-electron chi connectivity index (χ1n) is 15.5. The van der Waals surface area contributed by atoms with Crippen molar-refractivity contribution in [2.24, 2.45) is 34.5 Å². The van der Waals surface area contributed by atoms with Crippen LogP contribution in [0.15, 0.2) is 47.3 Å². The van der Waals surface area contributed by atoms with E-state index in [0.29, 0.717) is 53.6 Å². The van der Waals surface area contributed by atoms with E-state index in [2.05, 4.69) is 19.9 Å². The molecule has 39 heavy (non-hydrogen) atoms. The molecule has 0 unspecified atom stereocenters. The van der Waals surface area contributed by atoms with E-state index in [4.69, 9.17) is 9.15 Å². The second-order valence-electron chi connectivity index (χ2n) is 13.8. The van der Waals surface area contributed by atoms with Gasteiger partial charge in [-0.05, 0) is 128 Å². The lowest BCUT2D eigenvalue weighted by Gasteiger charge is -2.61. The third-order valence-corrected chi connectivity index (χ3v) is 12.3. The van der Waals surface area contributed by atoms with Crippen LogP contribution < -0.4 is 0 Å². The summed E-state index contributed by atoms with van der Waals surface area (Å²) < 4.78 is 11.9. The highest BCUT2D eigenvalue weighted by molar-refractivity contribution is 6.21. The summed E-state index contributed by atoms with van der Waals surface area (Å²) in [5.41, 5.74) is 3.36. The van der Waals surface area contributed by atoms with Crippen LogP contribution in [0, 0.1) is 34.5 Å². The largest absolute Gasteiger partial charge is 0.472 e. The molecule has 7 rings (SSSR count). The van der Waals surface area contributed by atoms with Gasteiger partial charge in [0.2, 0.25) is 0 Å². The van der Waals surface area contributed by atoms with Gasteiger partial charge in [0.25, 0.3) is 11.8 Å². The van der Waals surface area contributed by atoms with E-state index in [1.165, 1.54) is 61.8 Å². The van der Waals surface area contributed by atoms with Crippen molar-refractivity contribution >= 4 is 11.8 Å². The van der Waals surface area contributed by atoms with E-state index >= 15 is 0 Å². The van der Waals surface area contributed by atoms with Gasteiger partial charge in [-0.15, -0.1) is 0 Å². The van der Waals surface area contributed by atoms with Gasteiger partial charge in [0, 0.05) is 13.2 Å². The van der Waals surface area contributed by atoms with Gasteiger partial charge < -0.3 is 9.15 Å². The van der Waals surface area contributed by atoms with Crippen molar-refractivity contribution in [1.82, 2.24) is 4.90 Å². The minimum Gasteiger partial charge on any atom is -0.472 e. The van der Waals surface area contributed by atoms with Crippen LogP contribution in [0.5, 0.6) is 0 Å². The zero-order valence-electron chi connectivity index (χ0n) is 23.6. The first-order valence-corrected chi connectivity index (χ1v) is 15.5. The Bertz CT molecular complexity index is 1200. The second-order valence-corrected chi connectivity index (χ2v) is 13.8. The molecule has 0 N–H and O–H groups in total. The summed E-state index contributed by atoms with van der Waals surface area (Å²) in [5, 5.41) is 0. The Morgan fingerprint density at radius 1 is 0.897 bits per heavy atom. The predicted octanol–water partition coefficient (Wildman–Crippen LogP) is 7.48. The second kappa shape index (κ2) is 9.61. The number of carbonyl (C=O) groups excluding carboxylic acids is 2. The number of benzene rings is 1. The fraction of sp³-hybridized carbons (Fsp3) is 0.647. The predicted molar refractivity (Wildman–Crippen MR) is 149 cm³/mol. The van der Waals surface area contributed by atoms with E-state index in [1.54, 1.807) is 12.1 Å². The van der Waals surface area contributed by atoms with Gasteiger partial charge in [-0.3, -0.25) is 14.5 Å². The zero-order chi connectivity index (χ0) is 26.8. The van der Waals surface area contributed by atoms with Crippen LogP contribution in [-0.2, 0) is 4.74 Å². The summed E-state index contributed by atoms with van der Waals surface area (Å²) in [6, 6.07) is 9.34. The van der Waals surface area contributed by atoms with E-state index < -0.39 is 0 Å². The van der Waals surface area contributed by atoms with Crippen molar-refractivity contribution in [2.45, 2.75) is 90.1 Å². The molecule has 0 spiro atoms. The lowest BCUT2D eigenvalue weighted by molar-refractivity contribution is -0.131. The number of fused-ring (bicyclic) bond motifs is 6. The highest BCUT2D eigenvalue weighted by atomic mass is 16.5. The maximum atomic E-state index is 12.6. The summed E-state index contributed by atoms with van der Waals surface area (Å²) in [6.45, 7) is 6.27. The average Bonchev–Trinajstić information content (AvgIpc) is 3.65. The molecule has 4 fully saturated rings. The highest BCUT2D eigenvalue weighted by Gasteiger charge is 2.60. The molecule has 5 aliphatic rings. The van der Waals surface area contributed by atoms with Gasteiger partial charge >= 0.3 is 0 Å². The minimum atomic E-state index is -0.164. The molecular weight excluding hydrogens is 486 g/mol. The molecule has 1 aromatic heterocycles. The normalized spacial score (nSPS) is 39.3. The number of amides is 2. The quantitative estimate of drug-likeness (QED) is 0.288.